The summed E-state index contributed by atoms with van der Waals surface area (Å²) in [4.78, 5) is 12.1. The summed E-state index contributed by atoms with van der Waals surface area (Å²) in [5, 5.41) is 10.6. The number of cyclic esters (lactones) is 1. The van der Waals surface area contributed by atoms with Crippen LogP contribution in [0, 0.1) is 0 Å². The normalized spacial score (nSPS) is 26.4. The molecule has 0 bridgehead atoms. The summed E-state index contributed by atoms with van der Waals surface area (Å²) in [6.07, 6.45) is 13.3. The Bertz CT molecular complexity index is 261. The maximum absolute atomic E-state index is 12.1. The van der Waals surface area contributed by atoms with Crippen molar-refractivity contribution in [2.24, 2.45) is 0 Å². The molecule has 1 aliphatic rings. The monoisotopic (exact) mass is 284 g/mol. The molecule has 1 heterocycles. The van der Waals surface area contributed by atoms with E-state index in [1.54, 1.807) is 0 Å². The van der Waals surface area contributed by atoms with Crippen LogP contribution in [0.4, 0.5) is 0 Å². The van der Waals surface area contributed by atoms with Crippen LogP contribution in [-0.4, -0.2) is 23.3 Å². The van der Waals surface area contributed by atoms with Crippen molar-refractivity contribution in [1.29, 1.82) is 0 Å². The largest absolute Gasteiger partial charge is 0.464 e. The Morgan fingerprint density at radius 2 is 1.65 bits per heavy atom. The highest BCUT2D eigenvalue weighted by molar-refractivity contribution is 5.79. The summed E-state index contributed by atoms with van der Waals surface area (Å²) in [6, 6.07) is 0. The number of rotatable bonds is 5. The molecule has 1 atom stereocenters. The number of aliphatic hydroxyl groups is 1. The minimum Gasteiger partial charge on any atom is -0.464 e. The van der Waals surface area contributed by atoms with Gasteiger partial charge >= 0.3 is 5.97 Å². The lowest BCUT2D eigenvalue weighted by molar-refractivity contribution is -0.167. The molecule has 0 amide bonds. The van der Waals surface area contributed by atoms with Crippen LogP contribution < -0.4 is 0 Å². The molecule has 1 unspecified atom stereocenters. The first kappa shape index (κ1) is 17.5. The average molecular weight is 284 g/mol. The fourth-order valence-electron chi connectivity index (χ4n) is 2.88. The highest BCUT2D eigenvalue weighted by Gasteiger charge is 2.36. The van der Waals surface area contributed by atoms with E-state index in [1.165, 1.54) is 32.1 Å². The number of esters is 1. The van der Waals surface area contributed by atoms with E-state index >= 15 is 0 Å². The zero-order chi connectivity index (χ0) is 14.7. The molecule has 20 heavy (non-hydrogen) atoms. The molecule has 1 N–H and O–H groups in total. The predicted molar refractivity (Wildman–Crippen MR) is 81.6 cm³/mol. The highest BCUT2D eigenvalue weighted by Crippen LogP contribution is 2.25. The van der Waals surface area contributed by atoms with Gasteiger partial charge < -0.3 is 9.84 Å². The SMILES string of the molecule is CCCCCCC1(O)CCCCCCCCCOC1=O. The average Bonchev–Trinajstić information content (AvgIpc) is 2.44. The lowest BCUT2D eigenvalue weighted by Gasteiger charge is -2.26. The Labute approximate surface area is 124 Å². The van der Waals surface area contributed by atoms with Crippen LogP contribution in [0.15, 0.2) is 0 Å². The summed E-state index contributed by atoms with van der Waals surface area (Å²) in [6.45, 7) is 2.63. The van der Waals surface area contributed by atoms with Gasteiger partial charge in [-0.15, -0.1) is 0 Å². The lowest BCUT2D eigenvalue weighted by Crippen LogP contribution is -2.40. The van der Waals surface area contributed by atoms with Gasteiger partial charge in [0, 0.05) is 0 Å². The van der Waals surface area contributed by atoms with Crippen LogP contribution in [0.5, 0.6) is 0 Å². The quantitative estimate of drug-likeness (QED) is 0.602. The van der Waals surface area contributed by atoms with Gasteiger partial charge in [0.1, 0.15) is 0 Å². The third-order valence-corrected chi connectivity index (χ3v) is 4.29. The molecule has 0 aromatic carbocycles. The molecule has 0 aromatic rings. The Balaban J connectivity index is 2.48. The number of hydrogen-bond acceptors (Lipinski definition) is 3. The van der Waals surface area contributed by atoms with Crippen molar-refractivity contribution >= 4 is 5.97 Å². The van der Waals surface area contributed by atoms with E-state index < -0.39 is 5.60 Å². The number of carbonyl (C=O) groups excluding carboxylic acids is 1. The van der Waals surface area contributed by atoms with Crippen molar-refractivity contribution in [2.45, 2.75) is 96.0 Å². The van der Waals surface area contributed by atoms with Crippen LogP contribution in [-0.2, 0) is 9.53 Å². The first-order valence-corrected chi connectivity index (χ1v) is 8.58. The molecule has 118 valence electrons. The first-order valence-electron chi connectivity index (χ1n) is 8.58. The summed E-state index contributed by atoms with van der Waals surface area (Å²) >= 11 is 0. The number of unbranched alkanes of at least 4 members (excludes halogenated alkanes) is 3. The Kier molecular flexibility index (Phi) is 8.92. The second-order valence-electron chi connectivity index (χ2n) is 6.20. The molecule has 1 rings (SSSR count). The zero-order valence-electron chi connectivity index (χ0n) is 13.2. The standard InChI is InChI=1S/C17H32O3/c1-2-3-4-10-13-17(19)14-11-8-6-5-7-9-12-15-20-16(17)18/h19H,2-15H2,1H3. The van der Waals surface area contributed by atoms with Gasteiger partial charge in [0.15, 0.2) is 5.60 Å². The van der Waals surface area contributed by atoms with Gasteiger partial charge in [0.2, 0.25) is 0 Å². The minimum absolute atomic E-state index is 0.380. The smallest absolute Gasteiger partial charge is 0.338 e. The Morgan fingerprint density at radius 1 is 1.00 bits per heavy atom. The van der Waals surface area contributed by atoms with E-state index in [4.69, 9.17) is 4.74 Å². The summed E-state index contributed by atoms with van der Waals surface area (Å²) in [5.74, 6) is -0.380. The van der Waals surface area contributed by atoms with Crippen molar-refractivity contribution in [3.8, 4) is 0 Å². The van der Waals surface area contributed by atoms with E-state index in [9.17, 15) is 9.90 Å². The molecule has 1 aliphatic heterocycles. The van der Waals surface area contributed by atoms with Gasteiger partial charge in [-0.1, -0.05) is 58.3 Å². The second kappa shape index (κ2) is 10.2. The van der Waals surface area contributed by atoms with Crippen LogP contribution in [0.3, 0.4) is 0 Å². The van der Waals surface area contributed by atoms with Crippen LogP contribution in [0.1, 0.15) is 90.4 Å². The molecule has 3 heteroatoms. The molecular weight excluding hydrogens is 252 g/mol. The first-order chi connectivity index (χ1) is 9.69. The number of hydrogen-bond donors (Lipinski definition) is 1. The van der Waals surface area contributed by atoms with E-state index in [0.29, 0.717) is 19.4 Å². The molecular formula is C17H32O3. The minimum atomic E-state index is -1.23. The second-order valence-corrected chi connectivity index (χ2v) is 6.20. The van der Waals surface area contributed by atoms with Crippen molar-refractivity contribution in [1.82, 2.24) is 0 Å². The summed E-state index contributed by atoms with van der Waals surface area (Å²) in [7, 11) is 0. The summed E-state index contributed by atoms with van der Waals surface area (Å²) < 4.78 is 5.30. The molecule has 0 aliphatic carbocycles. The zero-order valence-corrected chi connectivity index (χ0v) is 13.2. The van der Waals surface area contributed by atoms with Crippen molar-refractivity contribution in [3.05, 3.63) is 0 Å². The van der Waals surface area contributed by atoms with Gasteiger partial charge in [-0.05, 0) is 32.1 Å². The Morgan fingerprint density at radius 3 is 2.35 bits per heavy atom. The molecule has 3 nitrogen and oxygen atoms in total. The molecule has 1 saturated heterocycles. The van der Waals surface area contributed by atoms with Crippen LogP contribution in [0.25, 0.3) is 0 Å². The third-order valence-electron chi connectivity index (χ3n) is 4.29. The number of carbonyl (C=O) groups is 1. The van der Waals surface area contributed by atoms with E-state index in [1.807, 2.05) is 0 Å². The van der Waals surface area contributed by atoms with Crippen LogP contribution in [0.2, 0.25) is 0 Å². The molecule has 0 saturated carbocycles. The summed E-state index contributed by atoms with van der Waals surface area (Å²) in [5.41, 5.74) is -1.23. The van der Waals surface area contributed by atoms with Crippen LogP contribution >= 0.6 is 0 Å². The molecule has 1 fully saturated rings. The van der Waals surface area contributed by atoms with Crippen molar-refractivity contribution in [3.63, 3.8) is 0 Å². The van der Waals surface area contributed by atoms with Crippen molar-refractivity contribution in [2.75, 3.05) is 6.61 Å². The predicted octanol–water partition coefficient (Wildman–Crippen LogP) is 4.37. The lowest BCUT2D eigenvalue weighted by atomic mass is 9.89. The van der Waals surface area contributed by atoms with Gasteiger partial charge in [-0.2, -0.15) is 0 Å². The molecule has 0 spiro atoms. The Hall–Kier alpha value is -0.570. The van der Waals surface area contributed by atoms with Gasteiger partial charge in [0.05, 0.1) is 6.61 Å². The highest BCUT2D eigenvalue weighted by atomic mass is 16.5. The van der Waals surface area contributed by atoms with E-state index in [0.717, 1.165) is 38.5 Å². The van der Waals surface area contributed by atoms with Gasteiger partial charge in [0.25, 0.3) is 0 Å². The van der Waals surface area contributed by atoms with Crippen molar-refractivity contribution < 1.29 is 14.6 Å². The number of ether oxygens (including phenoxy) is 1. The molecule has 0 radical (unpaired) electrons. The maximum atomic E-state index is 12.1. The van der Waals surface area contributed by atoms with E-state index in [-0.39, 0.29) is 5.97 Å². The fourth-order valence-corrected chi connectivity index (χ4v) is 2.88. The van der Waals surface area contributed by atoms with E-state index in [2.05, 4.69) is 6.92 Å². The van der Waals surface area contributed by atoms with Gasteiger partial charge in [-0.25, -0.2) is 4.79 Å². The maximum Gasteiger partial charge on any atom is 0.338 e. The molecule has 0 aromatic heterocycles. The topological polar surface area (TPSA) is 46.5 Å². The van der Waals surface area contributed by atoms with Gasteiger partial charge in [-0.3, -0.25) is 0 Å². The fraction of sp³-hybridized carbons (Fsp3) is 0.941. The third kappa shape index (κ3) is 6.74.